The molecule has 0 radical (unpaired) electrons. The van der Waals surface area contributed by atoms with Gasteiger partial charge >= 0.3 is 12.0 Å². The summed E-state index contributed by atoms with van der Waals surface area (Å²) in [7, 11) is 0. The number of carboxylic acids is 1. The number of carboxylic acid groups (broad SMARTS) is 1. The van der Waals surface area contributed by atoms with Crippen LogP contribution in [0.4, 0.5) is 4.79 Å². The van der Waals surface area contributed by atoms with Gasteiger partial charge in [0.1, 0.15) is 6.04 Å². The molecule has 3 N–H and O–H groups in total. The molecule has 104 valence electrons. The van der Waals surface area contributed by atoms with E-state index in [1.165, 1.54) is 0 Å². The van der Waals surface area contributed by atoms with E-state index in [0.29, 0.717) is 13.0 Å². The summed E-state index contributed by atoms with van der Waals surface area (Å²) < 4.78 is 0. The molecule has 1 heterocycles. The van der Waals surface area contributed by atoms with E-state index in [-0.39, 0.29) is 5.92 Å². The van der Waals surface area contributed by atoms with Crippen molar-refractivity contribution in [1.29, 1.82) is 0 Å². The van der Waals surface area contributed by atoms with Crippen LogP contribution in [0.25, 0.3) is 0 Å². The van der Waals surface area contributed by atoms with Gasteiger partial charge in [-0.1, -0.05) is 19.9 Å². The molecule has 0 unspecified atom stereocenters. The van der Waals surface area contributed by atoms with Gasteiger partial charge in [-0.15, -0.1) is 0 Å². The standard InChI is InChI=1S/C13H19N3O3/c1-9(2)11(12(17)18)16-13(19)15-8-6-10-5-3-4-7-14-10/h3-5,7,9,11H,6,8H2,1-2H3,(H,17,18)(H2,15,16,19)/t11-/m0/s1. The van der Waals surface area contributed by atoms with E-state index in [9.17, 15) is 9.59 Å². The van der Waals surface area contributed by atoms with Gasteiger partial charge in [0, 0.05) is 24.9 Å². The first-order valence-corrected chi connectivity index (χ1v) is 6.17. The first kappa shape index (κ1) is 14.9. The third-order valence-corrected chi connectivity index (χ3v) is 2.61. The minimum absolute atomic E-state index is 0.168. The van der Waals surface area contributed by atoms with Crippen LogP contribution in [0.5, 0.6) is 0 Å². The highest BCUT2D eigenvalue weighted by Gasteiger charge is 2.22. The third-order valence-electron chi connectivity index (χ3n) is 2.61. The maximum atomic E-state index is 11.5. The zero-order chi connectivity index (χ0) is 14.3. The molecule has 0 saturated carbocycles. The molecule has 0 aliphatic rings. The molecule has 0 fully saturated rings. The Labute approximate surface area is 112 Å². The SMILES string of the molecule is CC(C)[C@H](NC(=O)NCCc1ccccn1)C(=O)O. The van der Waals surface area contributed by atoms with Crippen LogP contribution in [-0.4, -0.2) is 34.7 Å². The monoisotopic (exact) mass is 265 g/mol. The lowest BCUT2D eigenvalue weighted by molar-refractivity contribution is -0.140. The number of hydrogen-bond acceptors (Lipinski definition) is 3. The summed E-state index contributed by atoms with van der Waals surface area (Å²) in [6.07, 6.45) is 2.29. The van der Waals surface area contributed by atoms with Crippen LogP contribution in [0.3, 0.4) is 0 Å². The summed E-state index contributed by atoms with van der Waals surface area (Å²) in [5.74, 6) is -1.20. The van der Waals surface area contributed by atoms with Crippen LogP contribution >= 0.6 is 0 Å². The molecule has 1 aromatic rings. The predicted molar refractivity (Wildman–Crippen MR) is 70.7 cm³/mol. The lowest BCUT2D eigenvalue weighted by Crippen LogP contribution is -2.48. The van der Waals surface area contributed by atoms with Gasteiger partial charge in [0.05, 0.1) is 0 Å². The molecule has 1 atom stereocenters. The van der Waals surface area contributed by atoms with Crippen molar-refractivity contribution in [3.8, 4) is 0 Å². The van der Waals surface area contributed by atoms with Gasteiger partial charge in [-0.2, -0.15) is 0 Å². The van der Waals surface area contributed by atoms with Gasteiger partial charge < -0.3 is 15.7 Å². The van der Waals surface area contributed by atoms with Crippen LogP contribution in [-0.2, 0) is 11.2 Å². The first-order chi connectivity index (χ1) is 9.00. The third kappa shape index (κ3) is 5.37. The number of amides is 2. The lowest BCUT2D eigenvalue weighted by atomic mass is 10.1. The molecule has 1 aromatic heterocycles. The van der Waals surface area contributed by atoms with E-state index in [0.717, 1.165) is 5.69 Å². The Morgan fingerprint density at radius 3 is 2.63 bits per heavy atom. The maximum absolute atomic E-state index is 11.5. The Hall–Kier alpha value is -2.11. The summed E-state index contributed by atoms with van der Waals surface area (Å²) in [6.45, 7) is 3.90. The highest BCUT2D eigenvalue weighted by atomic mass is 16.4. The van der Waals surface area contributed by atoms with Gasteiger partial charge in [0.15, 0.2) is 0 Å². The molecular formula is C13H19N3O3. The Balaban J connectivity index is 2.33. The number of carbonyl (C=O) groups is 2. The van der Waals surface area contributed by atoms with E-state index in [1.807, 2.05) is 18.2 Å². The van der Waals surface area contributed by atoms with Crippen LogP contribution < -0.4 is 10.6 Å². The van der Waals surface area contributed by atoms with E-state index in [4.69, 9.17) is 5.11 Å². The van der Waals surface area contributed by atoms with E-state index in [2.05, 4.69) is 15.6 Å². The number of carbonyl (C=O) groups excluding carboxylic acids is 1. The quantitative estimate of drug-likeness (QED) is 0.716. The Morgan fingerprint density at radius 1 is 1.37 bits per heavy atom. The second-order valence-electron chi connectivity index (χ2n) is 4.53. The molecule has 6 nitrogen and oxygen atoms in total. The number of pyridine rings is 1. The number of aromatic nitrogens is 1. The Bertz CT molecular complexity index is 420. The second kappa shape index (κ2) is 7.35. The van der Waals surface area contributed by atoms with Crippen molar-refractivity contribution < 1.29 is 14.7 Å². The molecule has 1 rings (SSSR count). The molecule has 0 aliphatic carbocycles. The van der Waals surface area contributed by atoms with Crippen LogP contribution in [0.15, 0.2) is 24.4 Å². The largest absolute Gasteiger partial charge is 0.480 e. The fourth-order valence-electron chi connectivity index (χ4n) is 1.56. The van der Waals surface area contributed by atoms with Gasteiger partial charge in [-0.05, 0) is 18.1 Å². The molecule has 19 heavy (non-hydrogen) atoms. The van der Waals surface area contributed by atoms with Gasteiger partial charge in [0.25, 0.3) is 0 Å². The second-order valence-corrected chi connectivity index (χ2v) is 4.53. The average Bonchev–Trinajstić information content (AvgIpc) is 2.36. The summed E-state index contributed by atoms with van der Waals surface area (Å²) in [6, 6.07) is 4.21. The predicted octanol–water partition coefficient (Wildman–Crippen LogP) is 1.03. The van der Waals surface area contributed by atoms with Gasteiger partial charge in [-0.25, -0.2) is 9.59 Å². The fourth-order valence-corrected chi connectivity index (χ4v) is 1.56. The number of urea groups is 1. The highest BCUT2D eigenvalue weighted by molar-refractivity contribution is 5.82. The van der Waals surface area contributed by atoms with Crippen LogP contribution in [0.1, 0.15) is 19.5 Å². The van der Waals surface area contributed by atoms with Crippen molar-refractivity contribution in [1.82, 2.24) is 15.6 Å². The molecule has 0 aromatic carbocycles. The van der Waals surface area contributed by atoms with Crippen molar-refractivity contribution in [3.05, 3.63) is 30.1 Å². The van der Waals surface area contributed by atoms with Crippen LogP contribution in [0, 0.1) is 5.92 Å². The number of aliphatic carboxylic acids is 1. The minimum Gasteiger partial charge on any atom is -0.480 e. The smallest absolute Gasteiger partial charge is 0.326 e. The van der Waals surface area contributed by atoms with Crippen molar-refractivity contribution in [2.75, 3.05) is 6.54 Å². The number of hydrogen-bond donors (Lipinski definition) is 3. The van der Waals surface area contributed by atoms with Crippen molar-refractivity contribution >= 4 is 12.0 Å². The minimum atomic E-state index is -1.03. The molecular weight excluding hydrogens is 246 g/mol. The van der Waals surface area contributed by atoms with Crippen LogP contribution in [0.2, 0.25) is 0 Å². The number of rotatable bonds is 6. The van der Waals surface area contributed by atoms with E-state index < -0.39 is 18.0 Å². The molecule has 6 heteroatoms. The Morgan fingerprint density at radius 2 is 2.11 bits per heavy atom. The van der Waals surface area contributed by atoms with Crippen molar-refractivity contribution in [2.45, 2.75) is 26.3 Å². The highest BCUT2D eigenvalue weighted by Crippen LogP contribution is 2.01. The summed E-state index contributed by atoms with van der Waals surface area (Å²) >= 11 is 0. The zero-order valence-corrected chi connectivity index (χ0v) is 11.1. The molecule has 2 amide bonds. The molecule has 0 aliphatic heterocycles. The summed E-state index contributed by atoms with van der Waals surface area (Å²) in [5.41, 5.74) is 0.876. The zero-order valence-electron chi connectivity index (χ0n) is 11.1. The maximum Gasteiger partial charge on any atom is 0.326 e. The molecule has 0 bridgehead atoms. The number of nitrogens with one attached hydrogen (secondary N) is 2. The molecule has 0 saturated heterocycles. The van der Waals surface area contributed by atoms with Gasteiger partial charge in [0.2, 0.25) is 0 Å². The Kier molecular flexibility index (Phi) is 5.78. The topological polar surface area (TPSA) is 91.3 Å². The molecule has 0 spiro atoms. The number of nitrogens with zero attached hydrogens (tertiary/aromatic N) is 1. The fraction of sp³-hybridized carbons (Fsp3) is 0.462. The van der Waals surface area contributed by atoms with Crippen molar-refractivity contribution in [3.63, 3.8) is 0 Å². The van der Waals surface area contributed by atoms with E-state index >= 15 is 0 Å². The summed E-state index contributed by atoms with van der Waals surface area (Å²) in [4.78, 5) is 26.6. The van der Waals surface area contributed by atoms with Gasteiger partial charge in [-0.3, -0.25) is 4.98 Å². The average molecular weight is 265 g/mol. The lowest BCUT2D eigenvalue weighted by Gasteiger charge is -2.18. The summed E-state index contributed by atoms with van der Waals surface area (Å²) in [5, 5.41) is 14.0. The normalized spacial score (nSPS) is 11.9. The first-order valence-electron chi connectivity index (χ1n) is 6.17. The van der Waals surface area contributed by atoms with E-state index in [1.54, 1.807) is 20.0 Å². The van der Waals surface area contributed by atoms with Crippen molar-refractivity contribution in [2.24, 2.45) is 5.92 Å².